The molecule has 0 radical (unpaired) electrons. The lowest BCUT2D eigenvalue weighted by Crippen LogP contribution is -2.32. The van der Waals surface area contributed by atoms with Crippen LogP contribution < -0.4 is 4.74 Å². The molecule has 0 saturated heterocycles. The first-order valence-electron chi connectivity index (χ1n) is 7.24. The highest BCUT2D eigenvalue weighted by atomic mass is 19.4. The molecule has 1 aliphatic rings. The summed E-state index contributed by atoms with van der Waals surface area (Å²) in [5.41, 5.74) is 0.172. The van der Waals surface area contributed by atoms with Crippen LogP contribution in [-0.2, 0) is 4.74 Å². The molecule has 0 spiro atoms. The van der Waals surface area contributed by atoms with Crippen LogP contribution in [0.1, 0.15) is 18.4 Å². The summed E-state index contributed by atoms with van der Waals surface area (Å²) in [5, 5.41) is 26.0. The molecule has 10 heteroatoms. The molecule has 1 heterocycles. The van der Waals surface area contributed by atoms with Crippen molar-refractivity contribution in [2.45, 2.75) is 37.6 Å². The number of aliphatic hydroxyl groups excluding tert-OH is 3. The molecule has 0 saturated carbocycles. The third kappa shape index (κ3) is 7.24. The second-order valence-electron chi connectivity index (χ2n) is 5.02. The number of aliphatic hydroxyl groups is 3. The topological polar surface area (TPSA) is 91.5 Å². The molecule has 0 aliphatic carbocycles. The number of ether oxygens (including phenoxy) is 2. The lowest BCUT2D eigenvalue weighted by molar-refractivity contribution is -0.274. The standard InChI is InChI=1S/C14H15F4NO4.CH4O/c15-7-10(20)5-9-6-12(21)22-13(19-9)8-2-1-3-11(4-8)23-14(16,17)18;1-2/h1-4,9-10,12,20-21H,5-7H2;2H,1H3. The van der Waals surface area contributed by atoms with Gasteiger partial charge in [-0.05, 0) is 24.6 Å². The van der Waals surface area contributed by atoms with Gasteiger partial charge >= 0.3 is 6.36 Å². The maximum absolute atomic E-state index is 12.4. The maximum atomic E-state index is 12.4. The van der Waals surface area contributed by atoms with E-state index in [2.05, 4.69) is 9.73 Å². The highest BCUT2D eigenvalue weighted by Crippen LogP contribution is 2.26. The van der Waals surface area contributed by atoms with E-state index < -0.39 is 37.2 Å². The average Bonchev–Trinajstić information content (AvgIpc) is 2.54. The first kappa shape index (κ1) is 21.1. The Morgan fingerprint density at radius 3 is 2.64 bits per heavy atom. The zero-order valence-corrected chi connectivity index (χ0v) is 13.3. The van der Waals surface area contributed by atoms with Crippen LogP contribution in [0.2, 0.25) is 0 Å². The lowest BCUT2D eigenvalue weighted by atomic mass is 10.1. The number of alkyl halides is 4. The molecule has 1 aliphatic heterocycles. The Kier molecular flexibility index (Phi) is 8.07. The smallest absolute Gasteiger partial charge is 0.448 e. The quantitative estimate of drug-likeness (QED) is 0.688. The maximum Gasteiger partial charge on any atom is 0.573 e. The van der Waals surface area contributed by atoms with Crippen LogP contribution in [0.15, 0.2) is 29.3 Å². The van der Waals surface area contributed by atoms with Gasteiger partial charge in [-0.2, -0.15) is 0 Å². The van der Waals surface area contributed by atoms with E-state index in [4.69, 9.17) is 9.84 Å². The van der Waals surface area contributed by atoms with Crippen molar-refractivity contribution in [3.05, 3.63) is 29.8 Å². The summed E-state index contributed by atoms with van der Waals surface area (Å²) in [4.78, 5) is 4.10. The highest BCUT2D eigenvalue weighted by molar-refractivity contribution is 5.95. The highest BCUT2D eigenvalue weighted by Gasteiger charge is 2.31. The molecular formula is C15H19F4NO5. The first-order chi connectivity index (χ1) is 11.8. The molecule has 0 fully saturated rings. The van der Waals surface area contributed by atoms with Crippen molar-refractivity contribution >= 4 is 5.90 Å². The first-order valence-corrected chi connectivity index (χ1v) is 7.24. The summed E-state index contributed by atoms with van der Waals surface area (Å²) in [5.74, 6) is -0.547. The van der Waals surface area contributed by atoms with E-state index in [0.717, 1.165) is 19.2 Å². The molecule has 3 unspecified atom stereocenters. The van der Waals surface area contributed by atoms with E-state index in [0.29, 0.717) is 0 Å². The molecular weight excluding hydrogens is 350 g/mol. The van der Waals surface area contributed by atoms with Crippen molar-refractivity contribution in [3.63, 3.8) is 0 Å². The molecule has 6 nitrogen and oxygen atoms in total. The molecule has 0 aromatic heterocycles. The van der Waals surface area contributed by atoms with Crippen LogP contribution >= 0.6 is 0 Å². The van der Waals surface area contributed by atoms with Crippen molar-refractivity contribution < 1.29 is 42.4 Å². The minimum atomic E-state index is -4.83. The van der Waals surface area contributed by atoms with Crippen molar-refractivity contribution in [1.29, 1.82) is 0 Å². The van der Waals surface area contributed by atoms with Crippen LogP contribution in [0.3, 0.4) is 0 Å². The second kappa shape index (κ2) is 9.54. The molecule has 25 heavy (non-hydrogen) atoms. The van der Waals surface area contributed by atoms with Gasteiger partial charge in [-0.15, -0.1) is 13.2 Å². The Balaban J connectivity index is 0.00000151. The Morgan fingerprint density at radius 2 is 2.04 bits per heavy atom. The number of hydrogen-bond acceptors (Lipinski definition) is 6. The van der Waals surface area contributed by atoms with Crippen LogP contribution in [0.5, 0.6) is 5.75 Å². The van der Waals surface area contributed by atoms with E-state index in [9.17, 15) is 27.8 Å². The monoisotopic (exact) mass is 369 g/mol. The van der Waals surface area contributed by atoms with Gasteiger partial charge in [0.25, 0.3) is 0 Å². The fraction of sp³-hybridized carbons (Fsp3) is 0.533. The van der Waals surface area contributed by atoms with E-state index in [1.165, 1.54) is 12.1 Å². The lowest BCUT2D eigenvalue weighted by Gasteiger charge is -2.26. The Labute approximate surface area is 141 Å². The average molecular weight is 369 g/mol. The van der Waals surface area contributed by atoms with E-state index in [1.807, 2.05) is 0 Å². The zero-order chi connectivity index (χ0) is 19.0. The van der Waals surface area contributed by atoms with Crippen LogP contribution in [0, 0.1) is 0 Å². The summed E-state index contributed by atoms with van der Waals surface area (Å²) in [6.45, 7) is -0.951. The SMILES string of the molecule is CO.OC(CF)CC1CC(O)OC(c2cccc(OC(F)(F)F)c2)=N1. The summed E-state index contributed by atoms with van der Waals surface area (Å²) in [6.07, 6.45) is -7.28. The largest absolute Gasteiger partial charge is 0.573 e. The van der Waals surface area contributed by atoms with Gasteiger partial charge in [-0.1, -0.05) is 6.07 Å². The Morgan fingerprint density at radius 1 is 1.36 bits per heavy atom. The third-order valence-corrected chi connectivity index (χ3v) is 3.06. The van der Waals surface area contributed by atoms with Gasteiger partial charge in [0.2, 0.25) is 12.2 Å². The predicted octanol–water partition coefficient (Wildman–Crippen LogP) is 1.77. The van der Waals surface area contributed by atoms with Crippen molar-refractivity contribution in [1.82, 2.24) is 0 Å². The summed E-state index contributed by atoms with van der Waals surface area (Å²) < 4.78 is 58.0. The molecule has 2 rings (SSSR count). The second-order valence-corrected chi connectivity index (χ2v) is 5.02. The number of hydrogen-bond donors (Lipinski definition) is 3. The molecule has 142 valence electrons. The molecule has 1 aromatic carbocycles. The van der Waals surface area contributed by atoms with Crippen LogP contribution in [0.4, 0.5) is 17.6 Å². The minimum Gasteiger partial charge on any atom is -0.448 e. The number of nitrogens with zero attached hydrogens (tertiary/aromatic N) is 1. The zero-order valence-electron chi connectivity index (χ0n) is 13.3. The fourth-order valence-electron chi connectivity index (χ4n) is 2.15. The van der Waals surface area contributed by atoms with Crippen LogP contribution in [-0.4, -0.2) is 59.8 Å². The van der Waals surface area contributed by atoms with Gasteiger partial charge < -0.3 is 24.8 Å². The molecule has 1 aromatic rings. The number of aliphatic imine (C=N–C) groups is 1. The minimum absolute atomic E-state index is 0.0286. The van der Waals surface area contributed by atoms with Gasteiger partial charge in [0.1, 0.15) is 12.4 Å². The number of halogens is 4. The van der Waals surface area contributed by atoms with Gasteiger partial charge in [0.15, 0.2) is 0 Å². The molecule has 3 N–H and O–H groups in total. The summed E-state index contributed by atoms with van der Waals surface area (Å²) in [6, 6.07) is 4.32. The molecule has 0 amide bonds. The normalized spacial score (nSPS) is 21.4. The predicted molar refractivity (Wildman–Crippen MR) is 79.9 cm³/mol. The number of benzene rings is 1. The molecule has 0 bridgehead atoms. The van der Waals surface area contributed by atoms with Crippen molar-refractivity contribution in [3.8, 4) is 5.75 Å². The van der Waals surface area contributed by atoms with E-state index in [1.54, 1.807) is 0 Å². The van der Waals surface area contributed by atoms with E-state index in [-0.39, 0.29) is 24.3 Å². The Hall–Kier alpha value is -1.91. The van der Waals surface area contributed by atoms with Gasteiger partial charge in [-0.3, -0.25) is 0 Å². The molecule has 3 atom stereocenters. The fourth-order valence-corrected chi connectivity index (χ4v) is 2.15. The van der Waals surface area contributed by atoms with Gasteiger partial charge in [0, 0.05) is 19.1 Å². The summed E-state index contributed by atoms with van der Waals surface area (Å²) >= 11 is 0. The number of rotatable bonds is 5. The van der Waals surface area contributed by atoms with Gasteiger partial charge in [-0.25, -0.2) is 9.38 Å². The Bertz CT molecular complexity index is 567. The third-order valence-electron chi connectivity index (χ3n) is 3.06. The van der Waals surface area contributed by atoms with Crippen LogP contribution in [0.25, 0.3) is 0 Å². The van der Waals surface area contributed by atoms with E-state index >= 15 is 0 Å². The van der Waals surface area contributed by atoms with Crippen molar-refractivity contribution in [2.75, 3.05) is 13.8 Å². The van der Waals surface area contributed by atoms with Gasteiger partial charge in [0.05, 0.1) is 12.1 Å². The summed E-state index contributed by atoms with van der Waals surface area (Å²) in [7, 11) is 1.00. The van der Waals surface area contributed by atoms with Crippen molar-refractivity contribution in [2.24, 2.45) is 4.99 Å².